The highest BCUT2D eigenvalue weighted by Crippen LogP contribution is 2.33. The first-order valence-electron chi connectivity index (χ1n) is 5.62. The number of benzene rings is 2. The van der Waals surface area contributed by atoms with E-state index in [-0.39, 0.29) is 0 Å². The van der Waals surface area contributed by atoms with Crippen LogP contribution in [0.25, 0.3) is 0 Å². The number of anilines is 1. The zero-order valence-electron chi connectivity index (χ0n) is 10.2. The van der Waals surface area contributed by atoms with Crippen molar-refractivity contribution in [3.05, 3.63) is 54.5 Å². The molecule has 5 heteroatoms. The molecule has 0 bridgehead atoms. The second kappa shape index (κ2) is 6.95. The Kier molecular flexibility index (Phi) is 5.53. The molecule has 2 rings (SSSR count). The van der Waals surface area contributed by atoms with Crippen molar-refractivity contribution in [1.82, 2.24) is 0 Å². The van der Waals surface area contributed by atoms with Crippen LogP contribution in [0.5, 0.6) is 5.75 Å². The summed E-state index contributed by atoms with van der Waals surface area (Å²) in [6, 6.07) is 12.3. The lowest BCUT2D eigenvalue weighted by Gasteiger charge is -2.13. The summed E-state index contributed by atoms with van der Waals surface area (Å²) < 4.78 is 8.62. The van der Waals surface area contributed by atoms with E-state index in [0.717, 1.165) is 25.9 Å². The van der Waals surface area contributed by atoms with Crippen LogP contribution in [-0.4, -0.2) is 7.11 Å². The Balaban J connectivity index is 2.22. The molecule has 1 N–H and O–H groups in total. The van der Waals surface area contributed by atoms with E-state index < -0.39 is 0 Å². The van der Waals surface area contributed by atoms with Gasteiger partial charge in [-0.15, -0.1) is 0 Å². The molecule has 0 heterocycles. The van der Waals surface area contributed by atoms with Gasteiger partial charge in [0.1, 0.15) is 5.75 Å². The number of ether oxygens (including phenoxy) is 1. The topological polar surface area (TPSA) is 21.3 Å². The molecule has 0 unspecified atom stereocenters. The molecule has 0 aliphatic heterocycles. The highest BCUT2D eigenvalue weighted by Gasteiger charge is 2.09. The van der Waals surface area contributed by atoms with Crippen LogP contribution in [-0.2, 0) is 6.54 Å². The summed E-state index contributed by atoms with van der Waals surface area (Å²) in [5.41, 5.74) is 2.23. The van der Waals surface area contributed by atoms with Crippen molar-refractivity contribution in [3.8, 4) is 5.75 Å². The zero-order valence-corrected chi connectivity index (χ0v) is 15.5. The largest absolute Gasteiger partial charge is 0.495 e. The van der Waals surface area contributed by atoms with Gasteiger partial charge in [-0.1, -0.05) is 28.1 Å². The van der Waals surface area contributed by atoms with Crippen molar-refractivity contribution in [2.24, 2.45) is 0 Å². The van der Waals surface area contributed by atoms with Crippen molar-refractivity contribution in [3.63, 3.8) is 0 Å². The van der Waals surface area contributed by atoms with Crippen LogP contribution in [0.4, 0.5) is 5.69 Å². The maximum atomic E-state index is 5.44. The molecule has 2 aromatic rings. The third-order valence-electron chi connectivity index (χ3n) is 2.63. The summed E-state index contributed by atoms with van der Waals surface area (Å²) in [5.74, 6) is 0.863. The second-order valence-electron chi connectivity index (χ2n) is 3.91. The van der Waals surface area contributed by atoms with E-state index >= 15 is 0 Å². The fourth-order valence-corrected chi connectivity index (χ4v) is 3.82. The molecule has 0 aliphatic rings. The summed E-state index contributed by atoms with van der Waals surface area (Å²) in [6.45, 7) is 0.710. The van der Waals surface area contributed by atoms with Gasteiger partial charge in [-0.3, -0.25) is 0 Å². The van der Waals surface area contributed by atoms with E-state index in [1.165, 1.54) is 3.57 Å². The van der Waals surface area contributed by atoms with Crippen molar-refractivity contribution in [2.45, 2.75) is 6.54 Å². The van der Waals surface area contributed by atoms with Crippen LogP contribution < -0.4 is 10.1 Å². The molecule has 0 spiro atoms. The van der Waals surface area contributed by atoms with E-state index in [9.17, 15) is 0 Å². The van der Waals surface area contributed by atoms with Crippen molar-refractivity contribution in [2.75, 3.05) is 12.4 Å². The van der Waals surface area contributed by atoms with Crippen LogP contribution in [0.3, 0.4) is 0 Å². The Morgan fingerprint density at radius 2 is 1.95 bits per heavy atom. The number of hydrogen-bond donors (Lipinski definition) is 1. The molecular formula is C14H12Br2INO. The monoisotopic (exact) mass is 495 g/mol. The Morgan fingerprint density at radius 3 is 2.63 bits per heavy atom. The first kappa shape index (κ1) is 15.1. The smallest absolute Gasteiger partial charge is 0.138 e. The molecular weight excluding hydrogens is 485 g/mol. The average molecular weight is 497 g/mol. The van der Waals surface area contributed by atoms with Crippen LogP contribution in [0.1, 0.15) is 5.56 Å². The predicted molar refractivity (Wildman–Crippen MR) is 94.9 cm³/mol. The van der Waals surface area contributed by atoms with Gasteiger partial charge >= 0.3 is 0 Å². The molecule has 0 fully saturated rings. The highest BCUT2D eigenvalue weighted by atomic mass is 127. The van der Waals surface area contributed by atoms with E-state index in [1.807, 2.05) is 18.2 Å². The van der Waals surface area contributed by atoms with Crippen LogP contribution in [0.15, 0.2) is 45.3 Å². The summed E-state index contributed by atoms with van der Waals surface area (Å²) in [6.07, 6.45) is 0. The quantitative estimate of drug-likeness (QED) is 0.569. The minimum Gasteiger partial charge on any atom is -0.495 e. The van der Waals surface area contributed by atoms with E-state index in [0.29, 0.717) is 6.54 Å². The van der Waals surface area contributed by atoms with Crippen LogP contribution in [0, 0.1) is 3.57 Å². The number of halogens is 3. The Bertz CT molecular complexity index is 590. The molecule has 0 saturated carbocycles. The summed E-state index contributed by atoms with van der Waals surface area (Å²) in [5, 5.41) is 3.43. The highest BCUT2D eigenvalue weighted by molar-refractivity contribution is 14.1. The normalized spacial score (nSPS) is 10.3. The minimum absolute atomic E-state index is 0.710. The summed E-state index contributed by atoms with van der Waals surface area (Å²) in [7, 11) is 1.68. The maximum Gasteiger partial charge on any atom is 0.138 e. The molecule has 19 heavy (non-hydrogen) atoms. The summed E-state index contributed by atoms with van der Waals surface area (Å²) in [4.78, 5) is 0. The molecule has 0 amide bonds. The number of para-hydroxylation sites is 1. The third kappa shape index (κ3) is 3.86. The number of methoxy groups -OCH3 is 1. The summed E-state index contributed by atoms with van der Waals surface area (Å²) >= 11 is 9.34. The molecule has 0 atom stereocenters. The number of hydrogen-bond acceptors (Lipinski definition) is 2. The van der Waals surface area contributed by atoms with Gasteiger partial charge in [-0.2, -0.15) is 0 Å². The SMILES string of the molecule is COc1c(Br)cc(Br)cc1CNc1ccccc1I. The molecule has 0 aromatic heterocycles. The van der Waals surface area contributed by atoms with Crippen molar-refractivity contribution in [1.29, 1.82) is 0 Å². The lowest BCUT2D eigenvalue weighted by atomic mass is 10.2. The Morgan fingerprint density at radius 1 is 1.21 bits per heavy atom. The van der Waals surface area contributed by atoms with Gasteiger partial charge in [-0.05, 0) is 62.8 Å². The average Bonchev–Trinajstić information content (AvgIpc) is 2.37. The van der Waals surface area contributed by atoms with Crippen LogP contribution >= 0.6 is 54.5 Å². The molecule has 2 nitrogen and oxygen atoms in total. The number of rotatable bonds is 4. The molecule has 0 saturated heterocycles. The van der Waals surface area contributed by atoms with Gasteiger partial charge in [-0.25, -0.2) is 0 Å². The first-order valence-corrected chi connectivity index (χ1v) is 8.28. The lowest BCUT2D eigenvalue weighted by molar-refractivity contribution is 0.407. The zero-order chi connectivity index (χ0) is 13.8. The van der Waals surface area contributed by atoms with Crippen molar-refractivity contribution >= 4 is 60.1 Å². The maximum absolute atomic E-state index is 5.44. The fourth-order valence-electron chi connectivity index (χ4n) is 1.77. The Labute approximate surface area is 143 Å². The minimum atomic E-state index is 0.710. The van der Waals surface area contributed by atoms with E-state index in [4.69, 9.17) is 4.74 Å². The number of nitrogens with one attached hydrogen (secondary N) is 1. The van der Waals surface area contributed by atoms with E-state index in [2.05, 4.69) is 78.0 Å². The van der Waals surface area contributed by atoms with Gasteiger partial charge in [0.15, 0.2) is 0 Å². The van der Waals surface area contributed by atoms with Gasteiger partial charge in [0.25, 0.3) is 0 Å². The first-order chi connectivity index (χ1) is 9.11. The lowest BCUT2D eigenvalue weighted by Crippen LogP contribution is -2.03. The third-order valence-corrected chi connectivity index (χ3v) is 4.62. The fraction of sp³-hybridized carbons (Fsp3) is 0.143. The molecule has 0 radical (unpaired) electrons. The van der Waals surface area contributed by atoms with Crippen molar-refractivity contribution < 1.29 is 4.74 Å². The van der Waals surface area contributed by atoms with Gasteiger partial charge < -0.3 is 10.1 Å². The van der Waals surface area contributed by atoms with Gasteiger partial charge in [0, 0.05) is 25.8 Å². The molecule has 0 aliphatic carbocycles. The second-order valence-corrected chi connectivity index (χ2v) is 6.85. The Hall–Kier alpha value is -0.270. The predicted octanol–water partition coefficient (Wildman–Crippen LogP) is 5.44. The molecule has 2 aromatic carbocycles. The van der Waals surface area contributed by atoms with E-state index in [1.54, 1.807) is 7.11 Å². The standard InChI is InChI=1S/C14H12Br2INO/c1-19-14-9(6-10(15)7-11(14)16)8-18-13-5-3-2-4-12(13)17/h2-7,18H,8H2,1H3. The van der Waals surface area contributed by atoms with Gasteiger partial charge in [0.05, 0.1) is 11.6 Å². The van der Waals surface area contributed by atoms with Crippen LogP contribution in [0.2, 0.25) is 0 Å². The van der Waals surface area contributed by atoms with Gasteiger partial charge in [0.2, 0.25) is 0 Å². The molecule has 100 valence electrons.